The van der Waals surface area contributed by atoms with E-state index in [1.54, 1.807) is 6.08 Å². The van der Waals surface area contributed by atoms with Crippen LogP contribution >= 0.6 is 0 Å². The third-order valence-corrected chi connectivity index (χ3v) is 5.37. The van der Waals surface area contributed by atoms with Crippen molar-refractivity contribution in [3.8, 4) is 11.1 Å². The fourth-order valence-corrected chi connectivity index (χ4v) is 4.03. The third-order valence-electron chi connectivity index (χ3n) is 5.37. The predicted octanol–water partition coefficient (Wildman–Crippen LogP) is 3.94. The molecule has 0 fully saturated rings. The zero-order valence-corrected chi connectivity index (χ0v) is 14.8. The molecule has 0 spiro atoms. The van der Waals surface area contributed by atoms with E-state index in [0.29, 0.717) is 12.8 Å². The van der Waals surface area contributed by atoms with Crippen LogP contribution in [-0.4, -0.2) is 29.8 Å². The second-order valence-corrected chi connectivity index (χ2v) is 6.95. The summed E-state index contributed by atoms with van der Waals surface area (Å²) in [6, 6.07) is 15.7. The average Bonchev–Trinajstić information content (AvgIpc) is 3.00. The molecule has 2 unspecified atom stereocenters. The van der Waals surface area contributed by atoms with Gasteiger partial charge in [0, 0.05) is 5.92 Å². The molecule has 2 aliphatic rings. The number of hydrogen-bond acceptors (Lipinski definition) is 3. The van der Waals surface area contributed by atoms with E-state index in [-0.39, 0.29) is 12.5 Å². The Morgan fingerprint density at radius 3 is 2.30 bits per heavy atom. The van der Waals surface area contributed by atoms with E-state index in [0.717, 1.165) is 11.1 Å². The summed E-state index contributed by atoms with van der Waals surface area (Å²) < 4.78 is 5.49. The van der Waals surface area contributed by atoms with Crippen LogP contribution in [0.3, 0.4) is 0 Å². The van der Waals surface area contributed by atoms with Crippen LogP contribution in [0, 0.1) is 5.92 Å². The molecule has 1 amide bonds. The number of carbonyl (C=O) groups is 2. The molecule has 2 N–H and O–H groups in total. The van der Waals surface area contributed by atoms with Crippen molar-refractivity contribution in [2.24, 2.45) is 5.92 Å². The second-order valence-electron chi connectivity index (χ2n) is 6.95. The van der Waals surface area contributed by atoms with Crippen LogP contribution in [0.2, 0.25) is 0 Å². The zero-order chi connectivity index (χ0) is 18.8. The topological polar surface area (TPSA) is 75.6 Å². The number of carbonyl (C=O) groups excluding carboxylic acids is 1. The minimum atomic E-state index is -0.900. The molecule has 0 saturated heterocycles. The van der Waals surface area contributed by atoms with Gasteiger partial charge in [-0.1, -0.05) is 60.7 Å². The third kappa shape index (κ3) is 3.33. The Balaban J connectivity index is 1.46. The number of ether oxygens (including phenoxy) is 1. The minimum Gasteiger partial charge on any atom is -0.481 e. The number of nitrogens with one attached hydrogen (secondary N) is 1. The van der Waals surface area contributed by atoms with Gasteiger partial charge in [-0.2, -0.15) is 0 Å². The van der Waals surface area contributed by atoms with E-state index >= 15 is 0 Å². The van der Waals surface area contributed by atoms with Crippen molar-refractivity contribution < 1.29 is 19.4 Å². The van der Waals surface area contributed by atoms with Crippen LogP contribution < -0.4 is 5.32 Å². The number of amides is 1. The zero-order valence-electron chi connectivity index (χ0n) is 14.8. The first-order chi connectivity index (χ1) is 13.1. The maximum atomic E-state index is 12.3. The highest BCUT2D eigenvalue weighted by Crippen LogP contribution is 2.44. The highest BCUT2D eigenvalue weighted by molar-refractivity contribution is 5.79. The monoisotopic (exact) mass is 363 g/mol. The molecule has 138 valence electrons. The first-order valence-electron chi connectivity index (χ1n) is 9.16. The van der Waals surface area contributed by atoms with Crippen molar-refractivity contribution in [3.63, 3.8) is 0 Å². The molecule has 2 aliphatic carbocycles. The molecule has 0 aliphatic heterocycles. The van der Waals surface area contributed by atoms with Gasteiger partial charge < -0.3 is 15.2 Å². The minimum absolute atomic E-state index is 0.0136. The van der Waals surface area contributed by atoms with Gasteiger partial charge in [-0.05, 0) is 35.1 Å². The van der Waals surface area contributed by atoms with Gasteiger partial charge in [0.2, 0.25) is 0 Å². The smallest absolute Gasteiger partial charge is 0.407 e. The molecule has 0 bridgehead atoms. The molecule has 5 heteroatoms. The lowest BCUT2D eigenvalue weighted by Crippen LogP contribution is -2.43. The predicted molar refractivity (Wildman–Crippen MR) is 101 cm³/mol. The lowest BCUT2D eigenvalue weighted by molar-refractivity contribution is -0.142. The molecule has 0 saturated carbocycles. The Bertz CT molecular complexity index is 859. The lowest BCUT2D eigenvalue weighted by atomic mass is 9.90. The van der Waals surface area contributed by atoms with Crippen LogP contribution in [0.1, 0.15) is 29.9 Å². The van der Waals surface area contributed by atoms with Gasteiger partial charge in [0.25, 0.3) is 0 Å². The molecule has 4 rings (SSSR count). The Hall–Kier alpha value is -3.08. The molecule has 2 aromatic carbocycles. The summed E-state index contributed by atoms with van der Waals surface area (Å²) in [4.78, 5) is 23.7. The van der Waals surface area contributed by atoms with Gasteiger partial charge in [-0.25, -0.2) is 4.79 Å². The number of alkyl carbamates (subject to hydrolysis) is 1. The molecule has 0 radical (unpaired) electrons. The summed E-state index contributed by atoms with van der Waals surface area (Å²) in [6.07, 6.45) is 4.28. The maximum absolute atomic E-state index is 12.3. The van der Waals surface area contributed by atoms with Gasteiger partial charge in [0.1, 0.15) is 6.61 Å². The summed E-state index contributed by atoms with van der Waals surface area (Å²) in [5.41, 5.74) is 4.63. The van der Waals surface area contributed by atoms with Crippen molar-refractivity contribution in [3.05, 3.63) is 71.8 Å². The van der Waals surface area contributed by atoms with Crippen molar-refractivity contribution in [1.82, 2.24) is 5.32 Å². The van der Waals surface area contributed by atoms with Gasteiger partial charge in [0.05, 0.1) is 12.0 Å². The van der Waals surface area contributed by atoms with E-state index in [2.05, 4.69) is 29.6 Å². The van der Waals surface area contributed by atoms with Gasteiger partial charge in [-0.15, -0.1) is 0 Å². The number of allylic oxidation sites excluding steroid dienone is 1. The van der Waals surface area contributed by atoms with E-state index < -0.39 is 24.0 Å². The first kappa shape index (κ1) is 17.3. The van der Waals surface area contributed by atoms with Gasteiger partial charge in [0.15, 0.2) is 0 Å². The van der Waals surface area contributed by atoms with Crippen LogP contribution in [0.25, 0.3) is 11.1 Å². The standard InChI is InChI=1S/C22H21NO4/c24-21(25)18-11-5-6-12-20(18)23-22(26)27-13-19-16-9-3-1-7-14(16)15-8-2-4-10-17(15)19/h1-4,6-10,12,18-20H,5,11,13H2,(H,23,26)(H,24,25). The van der Waals surface area contributed by atoms with Crippen molar-refractivity contribution in [2.45, 2.75) is 24.8 Å². The molecule has 0 aromatic heterocycles. The molecular formula is C22H21NO4. The molecule has 2 aromatic rings. The Kier molecular flexibility index (Phi) is 4.67. The van der Waals surface area contributed by atoms with E-state index in [1.807, 2.05) is 30.3 Å². The van der Waals surface area contributed by atoms with Crippen LogP contribution in [0.15, 0.2) is 60.7 Å². The Labute approximate surface area is 157 Å². The molecule has 0 heterocycles. The Morgan fingerprint density at radius 1 is 1.04 bits per heavy atom. The normalized spacial score (nSPS) is 20.6. The van der Waals surface area contributed by atoms with Crippen LogP contribution in [0.4, 0.5) is 4.79 Å². The number of aliphatic carboxylic acids is 1. The maximum Gasteiger partial charge on any atom is 0.407 e. The van der Waals surface area contributed by atoms with Gasteiger partial charge in [-0.3, -0.25) is 4.79 Å². The Morgan fingerprint density at radius 2 is 1.67 bits per heavy atom. The van der Waals surface area contributed by atoms with E-state index in [1.165, 1.54) is 11.1 Å². The molecule has 5 nitrogen and oxygen atoms in total. The van der Waals surface area contributed by atoms with E-state index in [4.69, 9.17) is 4.74 Å². The summed E-state index contributed by atoms with van der Waals surface area (Å²) in [5, 5.41) is 12.0. The van der Waals surface area contributed by atoms with Crippen LogP contribution in [-0.2, 0) is 9.53 Å². The number of fused-ring (bicyclic) bond motifs is 3. The van der Waals surface area contributed by atoms with E-state index in [9.17, 15) is 14.7 Å². The molecule has 2 atom stereocenters. The lowest BCUT2D eigenvalue weighted by Gasteiger charge is -2.25. The molecular weight excluding hydrogens is 342 g/mol. The van der Waals surface area contributed by atoms with Crippen molar-refractivity contribution >= 4 is 12.1 Å². The van der Waals surface area contributed by atoms with Crippen molar-refractivity contribution in [2.75, 3.05) is 6.61 Å². The fourth-order valence-electron chi connectivity index (χ4n) is 4.03. The fraction of sp³-hybridized carbons (Fsp3) is 0.273. The number of benzene rings is 2. The SMILES string of the molecule is O=C(NC1C=CCCC1C(=O)O)OCC1c2ccccc2-c2ccccc21. The number of rotatable bonds is 4. The highest BCUT2D eigenvalue weighted by atomic mass is 16.5. The number of carboxylic acid groups (broad SMARTS) is 1. The number of carboxylic acids is 1. The average molecular weight is 363 g/mol. The quantitative estimate of drug-likeness (QED) is 0.807. The summed E-state index contributed by atoms with van der Waals surface area (Å²) in [5.74, 6) is -1.53. The highest BCUT2D eigenvalue weighted by Gasteiger charge is 2.31. The summed E-state index contributed by atoms with van der Waals surface area (Å²) in [7, 11) is 0. The van der Waals surface area contributed by atoms with Crippen molar-refractivity contribution in [1.29, 1.82) is 0 Å². The molecule has 27 heavy (non-hydrogen) atoms. The second kappa shape index (κ2) is 7.27. The van der Waals surface area contributed by atoms with Crippen LogP contribution in [0.5, 0.6) is 0 Å². The van der Waals surface area contributed by atoms with Gasteiger partial charge >= 0.3 is 12.1 Å². The largest absolute Gasteiger partial charge is 0.481 e. The number of hydrogen-bond donors (Lipinski definition) is 2. The summed E-state index contributed by atoms with van der Waals surface area (Å²) >= 11 is 0. The summed E-state index contributed by atoms with van der Waals surface area (Å²) in [6.45, 7) is 0.216. The first-order valence-corrected chi connectivity index (χ1v) is 9.16.